The molecule has 0 bridgehead atoms. The van der Waals surface area contributed by atoms with E-state index in [0.717, 1.165) is 19.6 Å². The molecule has 13 heavy (non-hydrogen) atoms. The first-order valence-electron chi connectivity index (χ1n) is 4.73. The van der Waals surface area contributed by atoms with Gasteiger partial charge < -0.3 is 14.4 Å². The predicted octanol–water partition coefficient (Wildman–Crippen LogP) is 0.0226. The van der Waals surface area contributed by atoms with Crippen LogP contribution in [0.1, 0.15) is 12.8 Å². The lowest BCUT2D eigenvalue weighted by molar-refractivity contribution is -0.136. The van der Waals surface area contributed by atoms with Gasteiger partial charge >= 0.3 is 0 Å². The van der Waals surface area contributed by atoms with E-state index < -0.39 is 0 Å². The van der Waals surface area contributed by atoms with Crippen LogP contribution in [0.3, 0.4) is 0 Å². The highest BCUT2D eigenvalue weighted by molar-refractivity contribution is 5.76. The Balaban J connectivity index is 1.70. The molecule has 2 atom stereocenters. The van der Waals surface area contributed by atoms with Gasteiger partial charge in [-0.2, -0.15) is 0 Å². The van der Waals surface area contributed by atoms with Crippen molar-refractivity contribution in [2.24, 2.45) is 0 Å². The molecule has 0 saturated carbocycles. The normalized spacial score (nSPS) is 33.6. The van der Waals surface area contributed by atoms with Crippen molar-refractivity contribution >= 4 is 5.91 Å². The van der Waals surface area contributed by atoms with Crippen LogP contribution >= 0.6 is 0 Å². The quantitative estimate of drug-likeness (QED) is 0.582. The third-order valence-corrected chi connectivity index (χ3v) is 2.50. The molecule has 2 rings (SSSR count). The molecule has 0 aromatic rings. The van der Waals surface area contributed by atoms with Gasteiger partial charge in [-0.05, 0) is 6.42 Å². The lowest BCUT2D eigenvalue weighted by Gasteiger charge is -2.29. The Labute approximate surface area is 77.8 Å². The van der Waals surface area contributed by atoms with Crippen molar-refractivity contribution in [1.29, 1.82) is 0 Å². The fourth-order valence-corrected chi connectivity index (χ4v) is 1.52. The van der Waals surface area contributed by atoms with Gasteiger partial charge in [-0.3, -0.25) is 4.79 Å². The van der Waals surface area contributed by atoms with E-state index in [-0.39, 0.29) is 12.0 Å². The van der Waals surface area contributed by atoms with E-state index >= 15 is 0 Å². The maximum atomic E-state index is 11.1. The summed E-state index contributed by atoms with van der Waals surface area (Å²) in [4.78, 5) is 12.9. The Morgan fingerprint density at radius 3 is 3.08 bits per heavy atom. The Kier molecular flexibility index (Phi) is 2.51. The van der Waals surface area contributed by atoms with E-state index in [1.165, 1.54) is 0 Å². The summed E-state index contributed by atoms with van der Waals surface area (Å²) < 4.78 is 10.6. The Morgan fingerprint density at radius 2 is 2.46 bits per heavy atom. The number of rotatable bonds is 3. The number of likely N-dealkylation sites (tertiary alicyclic amines) is 1. The monoisotopic (exact) mass is 185 g/mol. The fraction of sp³-hybridized carbons (Fsp3) is 0.889. The van der Waals surface area contributed by atoms with Crippen LogP contribution in [-0.4, -0.2) is 49.8 Å². The Morgan fingerprint density at radius 1 is 1.69 bits per heavy atom. The maximum Gasteiger partial charge on any atom is 0.222 e. The molecule has 0 spiro atoms. The number of hydrogen-bond acceptors (Lipinski definition) is 3. The van der Waals surface area contributed by atoms with Crippen LogP contribution in [0.4, 0.5) is 0 Å². The van der Waals surface area contributed by atoms with Crippen molar-refractivity contribution in [3.63, 3.8) is 0 Å². The minimum Gasteiger partial charge on any atom is -0.374 e. The third kappa shape index (κ3) is 2.42. The minimum absolute atomic E-state index is 0.215. The molecule has 2 saturated heterocycles. The lowest BCUT2D eigenvalue weighted by Crippen LogP contribution is -2.41. The zero-order valence-corrected chi connectivity index (χ0v) is 7.86. The minimum atomic E-state index is 0.215. The summed E-state index contributed by atoms with van der Waals surface area (Å²) in [5, 5.41) is 0. The molecule has 0 aromatic carbocycles. The molecule has 0 aliphatic carbocycles. The van der Waals surface area contributed by atoms with Crippen LogP contribution in [0, 0.1) is 0 Å². The molecule has 2 unspecified atom stereocenters. The highest BCUT2D eigenvalue weighted by atomic mass is 16.6. The Hall–Kier alpha value is -0.610. The molecule has 2 aliphatic rings. The number of piperidine rings is 1. The maximum absolute atomic E-state index is 11.1. The van der Waals surface area contributed by atoms with Crippen LogP contribution in [0.5, 0.6) is 0 Å². The fourth-order valence-electron chi connectivity index (χ4n) is 1.52. The van der Waals surface area contributed by atoms with E-state index in [9.17, 15) is 4.79 Å². The van der Waals surface area contributed by atoms with Gasteiger partial charge in [0.1, 0.15) is 6.10 Å². The van der Waals surface area contributed by atoms with Gasteiger partial charge in [0.25, 0.3) is 0 Å². The number of likely N-dealkylation sites (N-methyl/N-ethyl adjacent to an activating group) is 1. The van der Waals surface area contributed by atoms with Gasteiger partial charge in [0.05, 0.1) is 19.3 Å². The molecule has 0 radical (unpaired) electrons. The summed E-state index contributed by atoms with van der Waals surface area (Å²) in [6.45, 7) is 2.25. The van der Waals surface area contributed by atoms with Crippen LogP contribution in [0.15, 0.2) is 0 Å². The van der Waals surface area contributed by atoms with E-state index in [1.54, 1.807) is 4.90 Å². The van der Waals surface area contributed by atoms with E-state index in [2.05, 4.69) is 0 Å². The largest absolute Gasteiger partial charge is 0.374 e. The molecular formula is C9H15NO3. The number of hydrogen-bond donors (Lipinski definition) is 0. The molecule has 2 aliphatic heterocycles. The summed E-state index contributed by atoms with van der Waals surface area (Å²) >= 11 is 0. The van der Waals surface area contributed by atoms with Crippen LogP contribution in [-0.2, 0) is 14.3 Å². The number of epoxide rings is 1. The third-order valence-electron chi connectivity index (χ3n) is 2.50. The van der Waals surface area contributed by atoms with Gasteiger partial charge in [0.15, 0.2) is 0 Å². The van der Waals surface area contributed by atoms with Crippen molar-refractivity contribution in [3.8, 4) is 0 Å². The van der Waals surface area contributed by atoms with Gasteiger partial charge in [-0.1, -0.05) is 0 Å². The first kappa shape index (κ1) is 8.97. The van der Waals surface area contributed by atoms with Gasteiger partial charge in [0, 0.05) is 20.0 Å². The summed E-state index contributed by atoms with van der Waals surface area (Å²) in [6.07, 6.45) is 2.01. The highest BCUT2D eigenvalue weighted by Gasteiger charge is 2.27. The van der Waals surface area contributed by atoms with E-state index in [1.807, 2.05) is 7.05 Å². The van der Waals surface area contributed by atoms with Crippen molar-refractivity contribution in [1.82, 2.24) is 4.90 Å². The molecule has 0 aromatic heterocycles. The summed E-state index contributed by atoms with van der Waals surface area (Å²) in [5.74, 6) is 0.225. The van der Waals surface area contributed by atoms with Crippen molar-refractivity contribution in [3.05, 3.63) is 0 Å². The zero-order chi connectivity index (χ0) is 9.26. The zero-order valence-electron chi connectivity index (χ0n) is 7.86. The van der Waals surface area contributed by atoms with Crippen LogP contribution in [0.2, 0.25) is 0 Å². The number of carbonyl (C=O) groups is 1. The molecule has 2 heterocycles. The lowest BCUT2D eigenvalue weighted by atomic mass is 10.1. The summed E-state index contributed by atoms with van der Waals surface area (Å²) in [6, 6.07) is 0. The van der Waals surface area contributed by atoms with Crippen LogP contribution < -0.4 is 0 Å². The molecule has 2 fully saturated rings. The Bertz CT molecular complexity index is 203. The SMILES string of the molecule is CN1CC(OCC2CO2)CCC1=O. The van der Waals surface area contributed by atoms with E-state index in [4.69, 9.17) is 9.47 Å². The number of carbonyl (C=O) groups excluding carboxylic acids is 1. The first-order valence-corrected chi connectivity index (χ1v) is 4.73. The first-order chi connectivity index (χ1) is 6.25. The highest BCUT2D eigenvalue weighted by Crippen LogP contribution is 2.16. The molecule has 74 valence electrons. The standard InChI is InChI=1S/C9H15NO3/c1-10-4-7(2-3-9(10)11)12-5-8-6-13-8/h7-8H,2-6H2,1H3. The average Bonchev–Trinajstić information content (AvgIpc) is 2.91. The predicted molar refractivity (Wildman–Crippen MR) is 46.4 cm³/mol. The second kappa shape index (κ2) is 3.64. The molecule has 0 N–H and O–H groups in total. The molecule has 4 heteroatoms. The number of amides is 1. The van der Waals surface area contributed by atoms with Gasteiger partial charge in [-0.15, -0.1) is 0 Å². The van der Waals surface area contributed by atoms with Crippen molar-refractivity contribution in [2.75, 3.05) is 26.8 Å². The van der Waals surface area contributed by atoms with Crippen molar-refractivity contribution < 1.29 is 14.3 Å². The smallest absolute Gasteiger partial charge is 0.222 e. The second-order valence-corrected chi connectivity index (χ2v) is 3.72. The van der Waals surface area contributed by atoms with Crippen LogP contribution in [0.25, 0.3) is 0 Å². The summed E-state index contributed by atoms with van der Waals surface area (Å²) in [7, 11) is 1.82. The second-order valence-electron chi connectivity index (χ2n) is 3.72. The van der Waals surface area contributed by atoms with Crippen molar-refractivity contribution in [2.45, 2.75) is 25.0 Å². The average molecular weight is 185 g/mol. The van der Waals surface area contributed by atoms with E-state index in [0.29, 0.717) is 19.1 Å². The molecule has 1 amide bonds. The van der Waals surface area contributed by atoms with Gasteiger partial charge in [0.2, 0.25) is 5.91 Å². The summed E-state index contributed by atoms with van der Waals surface area (Å²) in [5.41, 5.74) is 0. The van der Waals surface area contributed by atoms with Gasteiger partial charge in [-0.25, -0.2) is 0 Å². The molecular weight excluding hydrogens is 170 g/mol. The number of ether oxygens (including phenoxy) is 2. The number of nitrogens with zero attached hydrogens (tertiary/aromatic N) is 1. The topological polar surface area (TPSA) is 42.1 Å². The molecule has 4 nitrogen and oxygen atoms in total.